The topological polar surface area (TPSA) is 36.7 Å². The highest BCUT2D eigenvalue weighted by atomic mass is 32.1. The van der Waals surface area contributed by atoms with Gasteiger partial charge in [0.25, 0.3) is 0 Å². The molecule has 0 aliphatic heterocycles. The first-order chi connectivity index (χ1) is 13.3. The van der Waals surface area contributed by atoms with E-state index in [1.165, 1.54) is 35.7 Å². The van der Waals surface area contributed by atoms with E-state index in [9.17, 15) is 27.2 Å². The molecule has 0 atom stereocenters. The molecule has 1 heterocycles. The second-order valence-corrected chi connectivity index (χ2v) is 6.58. The van der Waals surface area contributed by atoms with Crippen LogP contribution in [-0.4, -0.2) is 4.98 Å². The van der Waals surface area contributed by atoms with Gasteiger partial charge in [-0.15, -0.1) is 11.3 Å². The molecule has 1 aromatic heterocycles. The van der Waals surface area contributed by atoms with E-state index in [1.54, 1.807) is 0 Å². The molecule has 0 radical (unpaired) electrons. The maximum absolute atomic E-state index is 13.9. The fourth-order valence-electron chi connectivity index (χ4n) is 2.62. The van der Waals surface area contributed by atoms with Gasteiger partial charge >= 0.3 is 6.18 Å². The number of rotatable bonds is 4. The van der Waals surface area contributed by atoms with E-state index in [4.69, 9.17) is 0 Å². The Morgan fingerprint density at radius 2 is 1.75 bits per heavy atom. The van der Waals surface area contributed by atoms with Crippen molar-refractivity contribution in [1.82, 2.24) is 4.98 Å². The normalized spacial score (nSPS) is 12.1. The zero-order chi connectivity index (χ0) is 20.3. The van der Waals surface area contributed by atoms with Gasteiger partial charge in [0.05, 0.1) is 22.4 Å². The van der Waals surface area contributed by atoms with Crippen molar-refractivity contribution in [2.75, 3.05) is 0 Å². The average molecular weight is 406 g/mol. The second-order valence-electron chi connectivity index (χ2n) is 5.72. The quantitative estimate of drug-likeness (QED) is 0.379. The predicted octanol–water partition coefficient (Wildman–Crippen LogP) is 6.26. The first-order valence-corrected chi connectivity index (χ1v) is 8.85. The van der Waals surface area contributed by atoms with Gasteiger partial charge in [0.2, 0.25) is 0 Å². The monoisotopic (exact) mass is 406 g/mol. The molecule has 0 unspecified atom stereocenters. The lowest BCUT2D eigenvalue weighted by atomic mass is 10.0. The van der Waals surface area contributed by atoms with Crippen LogP contribution < -0.4 is 0 Å². The minimum atomic E-state index is -4.51. The second kappa shape index (κ2) is 7.90. The maximum Gasteiger partial charge on any atom is 0.416 e. The number of hydrogen-bond donors (Lipinski definition) is 0. The van der Waals surface area contributed by atoms with Crippen LogP contribution in [0, 0.1) is 23.0 Å². The maximum atomic E-state index is 13.9. The van der Waals surface area contributed by atoms with E-state index in [1.807, 2.05) is 6.07 Å². The standard InChI is InChI=1S/C20H11F5N2S/c21-15-6-3-7-16(22)18(15)17-11-28-19(27-17)13(10-26)9-8-12-4-1-2-5-14(12)20(23,24)25/h1-7,9,11H,8H2/b13-9+. The largest absolute Gasteiger partial charge is 0.416 e. The Balaban J connectivity index is 1.92. The number of nitriles is 1. The van der Waals surface area contributed by atoms with Crippen LogP contribution in [0.1, 0.15) is 16.1 Å². The Morgan fingerprint density at radius 3 is 2.39 bits per heavy atom. The van der Waals surface area contributed by atoms with Crippen LogP contribution in [-0.2, 0) is 12.6 Å². The third-order valence-corrected chi connectivity index (χ3v) is 4.80. The summed E-state index contributed by atoms with van der Waals surface area (Å²) in [4.78, 5) is 4.08. The SMILES string of the molecule is N#C/C(=C\Cc1ccccc1C(F)(F)F)c1nc(-c2c(F)cccc2F)cs1. The van der Waals surface area contributed by atoms with E-state index >= 15 is 0 Å². The van der Waals surface area contributed by atoms with Crippen molar-refractivity contribution in [2.24, 2.45) is 0 Å². The van der Waals surface area contributed by atoms with Gasteiger partial charge in [-0.25, -0.2) is 13.8 Å². The molecule has 0 fully saturated rings. The molecule has 0 N–H and O–H groups in total. The van der Waals surface area contributed by atoms with Gasteiger partial charge in [-0.3, -0.25) is 0 Å². The summed E-state index contributed by atoms with van der Waals surface area (Å²) in [6, 6.07) is 10.4. The van der Waals surface area contributed by atoms with Crippen LogP contribution in [0.25, 0.3) is 16.8 Å². The Bertz CT molecular complexity index is 1060. The zero-order valence-electron chi connectivity index (χ0n) is 14.1. The Labute approximate surface area is 161 Å². The van der Waals surface area contributed by atoms with Gasteiger partial charge in [-0.05, 0) is 30.2 Å². The third-order valence-electron chi connectivity index (χ3n) is 3.92. The van der Waals surface area contributed by atoms with Crippen molar-refractivity contribution >= 4 is 16.9 Å². The number of benzene rings is 2. The van der Waals surface area contributed by atoms with Crippen molar-refractivity contribution in [1.29, 1.82) is 5.26 Å². The summed E-state index contributed by atoms with van der Waals surface area (Å²) in [6.07, 6.45) is -3.32. The molecule has 0 spiro atoms. The Hall–Kier alpha value is -3.05. The molecular weight excluding hydrogens is 395 g/mol. The van der Waals surface area contributed by atoms with Crippen LogP contribution >= 0.6 is 11.3 Å². The highest BCUT2D eigenvalue weighted by Crippen LogP contribution is 2.33. The smallest absolute Gasteiger partial charge is 0.235 e. The lowest BCUT2D eigenvalue weighted by molar-refractivity contribution is -0.138. The van der Waals surface area contributed by atoms with Crippen molar-refractivity contribution in [2.45, 2.75) is 12.6 Å². The summed E-state index contributed by atoms with van der Waals surface area (Å²) in [5, 5.41) is 10.9. The van der Waals surface area contributed by atoms with Crippen molar-refractivity contribution in [3.8, 4) is 17.3 Å². The van der Waals surface area contributed by atoms with Crippen LogP contribution in [0.5, 0.6) is 0 Å². The minimum Gasteiger partial charge on any atom is -0.235 e. The molecule has 3 aromatic rings. The average Bonchev–Trinajstić information content (AvgIpc) is 3.11. The molecule has 2 aromatic carbocycles. The van der Waals surface area contributed by atoms with Crippen LogP contribution in [0.3, 0.4) is 0 Å². The Kier molecular flexibility index (Phi) is 5.56. The molecule has 2 nitrogen and oxygen atoms in total. The molecule has 3 rings (SSSR count). The minimum absolute atomic E-state index is 0.0136. The molecule has 28 heavy (non-hydrogen) atoms. The van der Waals surface area contributed by atoms with E-state index in [-0.39, 0.29) is 33.8 Å². The lowest BCUT2D eigenvalue weighted by Gasteiger charge is -2.11. The molecular formula is C20H11F5N2S. The molecule has 0 saturated carbocycles. The molecule has 142 valence electrons. The van der Waals surface area contributed by atoms with E-state index in [0.29, 0.717) is 0 Å². The van der Waals surface area contributed by atoms with Crippen molar-refractivity contribution < 1.29 is 22.0 Å². The molecule has 0 aliphatic rings. The van der Waals surface area contributed by atoms with Gasteiger partial charge < -0.3 is 0 Å². The molecule has 8 heteroatoms. The van der Waals surface area contributed by atoms with Gasteiger partial charge in [-0.2, -0.15) is 18.4 Å². The van der Waals surface area contributed by atoms with Crippen LogP contribution in [0.4, 0.5) is 22.0 Å². The lowest BCUT2D eigenvalue weighted by Crippen LogP contribution is -2.08. The van der Waals surface area contributed by atoms with Gasteiger partial charge in [0, 0.05) is 5.38 Å². The third kappa shape index (κ3) is 4.10. The van der Waals surface area contributed by atoms with Crippen LogP contribution in [0.15, 0.2) is 53.9 Å². The fourth-order valence-corrected chi connectivity index (χ4v) is 3.42. The summed E-state index contributed by atoms with van der Waals surface area (Å²) in [5.74, 6) is -1.59. The van der Waals surface area contributed by atoms with Crippen molar-refractivity contribution in [3.63, 3.8) is 0 Å². The summed E-state index contributed by atoms with van der Waals surface area (Å²) in [6.45, 7) is 0. The number of thiazole rings is 1. The summed E-state index contributed by atoms with van der Waals surface area (Å²) >= 11 is 0.982. The molecule has 0 aliphatic carbocycles. The van der Waals surface area contributed by atoms with Crippen molar-refractivity contribution in [3.05, 3.63) is 81.7 Å². The van der Waals surface area contributed by atoms with E-state index in [2.05, 4.69) is 4.98 Å². The van der Waals surface area contributed by atoms with Gasteiger partial charge in [0.15, 0.2) is 0 Å². The summed E-state index contributed by atoms with van der Waals surface area (Å²) in [5.41, 5.74) is -1.03. The van der Waals surface area contributed by atoms with Gasteiger partial charge in [-0.1, -0.05) is 30.3 Å². The number of halogens is 5. The summed E-state index contributed by atoms with van der Waals surface area (Å²) < 4.78 is 67.0. The molecule has 0 saturated heterocycles. The summed E-state index contributed by atoms with van der Waals surface area (Å²) in [7, 11) is 0. The number of nitrogens with zero attached hydrogens (tertiary/aromatic N) is 2. The zero-order valence-corrected chi connectivity index (χ0v) is 14.9. The molecule has 0 amide bonds. The van der Waals surface area contributed by atoms with Gasteiger partial charge in [0.1, 0.15) is 22.7 Å². The molecule has 0 bridgehead atoms. The predicted molar refractivity (Wildman–Crippen MR) is 96.2 cm³/mol. The first-order valence-electron chi connectivity index (χ1n) is 7.97. The highest BCUT2D eigenvalue weighted by Gasteiger charge is 2.32. The first kappa shape index (κ1) is 19.7. The van der Waals surface area contributed by atoms with E-state index < -0.39 is 23.4 Å². The number of alkyl halides is 3. The number of aromatic nitrogens is 1. The highest BCUT2D eigenvalue weighted by molar-refractivity contribution is 7.11. The van der Waals surface area contributed by atoms with E-state index in [0.717, 1.165) is 29.5 Å². The number of hydrogen-bond acceptors (Lipinski definition) is 3. The fraction of sp³-hybridized carbons (Fsp3) is 0.100. The van der Waals surface area contributed by atoms with Crippen LogP contribution in [0.2, 0.25) is 0 Å². The Morgan fingerprint density at radius 1 is 1.07 bits per heavy atom. The number of allylic oxidation sites excluding steroid dienone is 2.